The molecule has 0 radical (unpaired) electrons. The van der Waals surface area contributed by atoms with Gasteiger partial charge in [-0.15, -0.1) is 11.8 Å². The standard InChI is InChI=1S/C14H19N3OS/c1-11(19-8-7-17(2)3)14(18)16-13-6-4-5-12(9-13)10-15/h4-6,9,11H,7-8H2,1-3H3,(H,16,18). The molecule has 1 aromatic carbocycles. The van der Waals surface area contributed by atoms with Gasteiger partial charge in [0.15, 0.2) is 0 Å². The minimum absolute atomic E-state index is 0.0288. The zero-order chi connectivity index (χ0) is 14.3. The molecule has 1 atom stereocenters. The molecule has 1 amide bonds. The van der Waals surface area contributed by atoms with E-state index < -0.39 is 0 Å². The third-order valence-corrected chi connectivity index (χ3v) is 3.67. The molecular formula is C14H19N3OS. The molecule has 0 aromatic heterocycles. The zero-order valence-electron chi connectivity index (χ0n) is 11.5. The number of rotatable bonds is 6. The highest BCUT2D eigenvalue weighted by Gasteiger charge is 2.13. The zero-order valence-corrected chi connectivity index (χ0v) is 12.3. The molecule has 1 N–H and O–H groups in total. The Balaban J connectivity index is 2.47. The highest BCUT2D eigenvalue weighted by molar-refractivity contribution is 8.00. The van der Waals surface area contributed by atoms with Gasteiger partial charge in [0.05, 0.1) is 16.9 Å². The fraction of sp³-hybridized carbons (Fsp3) is 0.429. The third-order valence-electron chi connectivity index (χ3n) is 2.53. The van der Waals surface area contributed by atoms with E-state index in [4.69, 9.17) is 5.26 Å². The van der Waals surface area contributed by atoms with Crippen LogP contribution in [-0.4, -0.2) is 42.4 Å². The Morgan fingerprint density at radius 2 is 2.26 bits per heavy atom. The van der Waals surface area contributed by atoms with Gasteiger partial charge in [-0.25, -0.2) is 0 Å². The van der Waals surface area contributed by atoms with Crippen LogP contribution in [-0.2, 0) is 4.79 Å². The fourth-order valence-electron chi connectivity index (χ4n) is 1.40. The SMILES string of the molecule is CC(SCCN(C)C)C(=O)Nc1cccc(C#N)c1. The minimum atomic E-state index is -0.106. The summed E-state index contributed by atoms with van der Waals surface area (Å²) in [6.07, 6.45) is 0. The number of nitrogens with zero attached hydrogens (tertiary/aromatic N) is 2. The lowest BCUT2D eigenvalue weighted by molar-refractivity contribution is -0.115. The lowest BCUT2D eigenvalue weighted by Crippen LogP contribution is -2.24. The number of amides is 1. The molecule has 0 bridgehead atoms. The number of carbonyl (C=O) groups excluding carboxylic acids is 1. The Kier molecular flexibility index (Phi) is 6.40. The van der Waals surface area contributed by atoms with Crippen molar-refractivity contribution in [1.82, 2.24) is 4.90 Å². The molecule has 1 rings (SSSR count). The van der Waals surface area contributed by atoms with Crippen molar-refractivity contribution in [2.45, 2.75) is 12.2 Å². The van der Waals surface area contributed by atoms with Crippen LogP contribution in [0.1, 0.15) is 12.5 Å². The van der Waals surface area contributed by atoms with E-state index in [9.17, 15) is 4.79 Å². The lowest BCUT2D eigenvalue weighted by atomic mass is 10.2. The average molecular weight is 277 g/mol. The summed E-state index contributed by atoms with van der Waals surface area (Å²) < 4.78 is 0. The van der Waals surface area contributed by atoms with Crippen LogP contribution in [0.4, 0.5) is 5.69 Å². The highest BCUT2D eigenvalue weighted by atomic mass is 32.2. The van der Waals surface area contributed by atoms with Gasteiger partial charge < -0.3 is 10.2 Å². The van der Waals surface area contributed by atoms with Crippen LogP contribution in [0, 0.1) is 11.3 Å². The van der Waals surface area contributed by atoms with E-state index in [2.05, 4.69) is 16.3 Å². The van der Waals surface area contributed by atoms with Crippen molar-refractivity contribution in [3.8, 4) is 6.07 Å². The second-order valence-electron chi connectivity index (χ2n) is 4.50. The molecule has 102 valence electrons. The first kappa shape index (κ1) is 15.5. The van der Waals surface area contributed by atoms with Crippen molar-refractivity contribution in [2.24, 2.45) is 0 Å². The molecule has 0 heterocycles. The maximum Gasteiger partial charge on any atom is 0.237 e. The molecule has 0 fully saturated rings. The minimum Gasteiger partial charge on any atom is -0.325 e. The van der Waals surface area contributed by atoms with Gasteiger partial charge in [0.2, 0.25) is 5.91 Å². The van der Waals surface area contributed by atoms with Crippen molar-refractivity contribution in [1.29, 1.82) is 5.26 Å². The van der Waals surface area contributed by atoms with Crippen molar-refractivity contribution in [3.63, 3.8) is 0 Å². The van der Waals surface area contributed by atoms with Gasteiger partial charge in [-0.05, 0) is 39.2 Å². The molecule has 0 aliphatic carbocycles. The first-order chi connectivity index (χ1) is 9.02. The first-order valence-electron chi connectivity index (χ1n) is 6.10. The largest absolute Gasteiger partial charge is 0.325 e. The molecule has 1 unspecified atom stereocenters. The van der Waals surface area contributed by atoms with Gasteiger partial charge >= 0.3 is 0 Å². The van der Waals surface area contributed by atoms with Gasteiger partial charge in [0.1, 0.15) is 0 Å². The second kappa shape index (κ2) is 7.82. The molecule has 0 saturated carbocycles. The van der Waals surface area contributed by atoms with Crippen molar-refractivity contribution in [2.75, 3.05) is 31.7 Å². The molecule has 5 heteroatoms. The van der Waals surface area contributed by atoms with E-state index >= 15 is 0 Å². The van der Waals surface area contributed by atoms with E-state index in [1.807, 2.05) is 21.0 Å². The van der Waals surface area contributed by atoms with Crippen molar-refractivity contribution in [3.05, 3.63) is 29.8 Å². The molecule has 0 spiro atoms. The maximum absolute atomic E-state index is 12.0. The van der Waals surface area contributed by atoms with Gasteiger partial charge in [0.25, 0.3) is 0 Å². The summed E-state index contributed by atoms with van der Waals surface area (Å²) in [5.74, 6) is 0.888. The number of thioether (sulfide) groups is 1. The number of carbonyl (C=O) groups is 1. The van der Waals surface area contributed by atoms with E-state index in [-0.39, 0.29) is 11.2 Å². The van der Waals surface area contributed by atoms with Crippen LogP contribution in [0.2, 0.25) is 0 Å². The van der Waals surface area contributed by atoms with Crippen molar-refractivity contribution >= 4 is 23.4 Å². The molecule has 19 heavy (non-hydrogen) atoms. The molecule has 0 aliphatic heterocycles. The normalized spacial score (nSPS) is 11.9. The second-order valence-corrected chi connectivity index (χ2v) is 5.95. The van der Waals surface area contributed by atoms with E-state index in [0.717, 1.165) is 12.3 Å². The van der Waals surface area contributed by atoms with Gasteiger partial charge in [-0.3, -0.25) is 4.79 Å². The Labute approximate surface area is 118 Å². The number of nitrogens with one attached hydrogen (secondary N) is 1. The number of benzene rings is 1. The summed E-state index contributed by atoms with van der Waals surface area (Å²) in [6, 6.07) is 8.99. The summed E-state index contributed by atoms with van der Waals surface area (Å²) in [5, 5.41) is 11.5. The summed E-state index contributed by atoms with van der Waals surface area (Å²) >= 11 is 1.62. The summed E-state index contributed by atoms with van der Waals surface area (Å²) in [4.78, 5) is 14.1. The fourth-order valence-corrected chi connectivity index (χ4v) is 2.43. The summed E-state index contributed by atoms with van der Waals surface area (Å²) in [7, 11) is 4.03. The molecule has 0 saturated heterocycles. The Morgan fingerprint density at radius 1 is 1.53 bits per heavy atom. The predicted molar refractivity (Wildman–Crippen MR) is 80.3 cm³/mol. The van der Waals surface area contributed by atoms with Gasteiger partial charge in [0, 0.05) is 18.0 Å². The molecule has 4 nitrogen and oxygen atoms in total. The van der Waals surface area contributed by atoms with Crippen LogP contribution < -0.4 is 5.32 Å². The monoisotopic (exact) mass is 277 g/mol. The number of hydrogen-bond donors (Lipinski definition) is 1. The maximum atomic E-state index is 12.0. The Morgan fingerprint density at radius 3 is 2.89 bits per heavy atom. The Hall–Kier alpha value is -1.51. The third kappa shape index (κ3) is 5.77. The van der Waals surface area contributed by atoms with Crippen LogP contribution in [0.5, 0.6) is 0 Å². The first-order valence-corrected chi connectivity index (χ1v) is 7.15. The van der Waals surface area contributed by atoms with Gasteiger partial charge in [-0.2, -0.15) is 5.26 Å². The average Bonchev–Trinajstić information content (AvgIpc) is 2.38. The predicted octanol–water partition coefficient (Wildman–Crippen LogP) is 2.18. The molecular weight excluding hydrogens is 258 g/mol. The van der Waals surface area contributed by atoms with E-state index in [1.165, 1.54) is 0 Å². The van der Waals surface area contributed by atoms with Crippen LogP contribution in [0.15, 0.2) is 24.3 Å². The van der Waals surface area contributed by atoms with Crippen molar-refractivity contribution < 1.29 is 4.79 Å². The summed E-state index contributed by atoms with van der Waals surface area (Å²) in [6.45, 7) is 2.84. The lowest BCUT2D eigenvalue weighted by Gasteiger charge is -2.14. The van der Waals surface area contributed by atoms with Crippen LogP contribution >= 0.6 is 11.8 Å². The van der Waals surface area contributed by atoms with Gasteiger partial charge in [-0.1, -0.05) is 6.07 Å². The topological polar surface area (TPSA) is 56.1 Å². The highest BCUT2D eigenvalue weighted by Crippen LogP contribution is 2.15. The Bertz CT molecular complexity index is 468. The summed E-state index contributed by atoms with van der Waals surface area (Å²) in [5.41, 5.74) is 1.22. The smallest absolute Gasteiger partial charge is 0.237 e. The molecule has 1 aromatic rings. The van der Waals surface area contributed by atoms with Crippen LogP contribution in [0.25, 0.3) is 0 Å². The number of nitriles is 1. The number of hydrogen-bond acceptors (Lipinski definition) is 4. The van der Waals surface area contributed by atoms with E-state index in [1.54, 1.807) is 36.0 Å². The van der Waals surface area contributed by atoms with E-state index in [0.29, 0.717) is 11.3 Å². The quantitative estimate of drug-likeness (QED) is 0.866. The van der Waals surface area contributed by atoms with Crippen LogP contribution in [0.3, 0.4) is 0 Å². The molecule has 0 aliphatic rings. The number of anilines is 1.